The van der Waals surface area contributed by atoms with E-state index in [2.05, 4.69) is 56.5 Å². The molecule has 0 amide bonds. The van der Waals surface area contributed by atoms with Crippen molar-refractivity contribution in [3.63, 3.8) is 0 Å². The fraction of sp³-hybridized carbons (Fsp3) is 0.524. The number of aryl methyl sites for hydroxylation is 1. The molecule has 1 heterocycles. The molecule has 0 spiro atoms. The molecule has 0 unspecified atom stereocenters. The van der Waals surface area contributed by atoms with Crippen molar-refractivity contribution < 1.29 is 0 Å². The summed E-state index contributed by atoms with van der Waals surface area (Å²) in [6, 6.07) is 8.71. The highest BCUT2D eigenvalue weighted by Gasteiger charge is 2.18. The Balaban J connectivity index is 2.20. The van der Waals surface area contributed by atoms with Crippen molar-refractivity contribution in [1.29, 1.82) is 0 Å². The van der Waals surface area contributed by atoms with Gasteiger partial charge in [-0.05, 0) is 36.7 Å². The summed E-state index contributed by atoms with van der Waals surface area (Å²) < 4.78 is 2.26. The van der Waals surface area contributed by atoms with Crippen molar-refractivity contribution in [3.8, 4) is 11.3 Å². The molecular weight excluding hydrogens is 294 g/mol. The lowest BCUT2D eigenvalue weighted by Gasteiger charge is -2.16. The van der Waals surface area contributed by atoms with Crippen LogP contribution in [-0.4, -0.2) is 16.1 Å². The fourth-order valence-electron chi connectivity index (χ4n) is 3.41. The Kier molecular flexibility index (Phi) is 5.17. The summed E-state index contributed by atoms with van der Waals surface area (Å²) in [5.74, 6) is 1.15. The van der Waals surface area contributed by atoms with Gasteiger partial charge < -0.3 is 4.57 Å². The number of fused-ring (bicyclic) bond motifs is 3. The maximum Gasteiger partial charge on any atom is 0.134 e. The van der Waals surface area contributed by atoms with E-state index in [0.717, 1.165) is 37.1 Å². The monoisotopic (exact) mass is 323 g/mol. The summed E-state index contributed by atoms with van der Waals surface area (Å²) in [6.45, 7) is 10.8. The van der Waals surface area contributed by atoms with Gasteiger partial charge in [0.1, 0.15) is 5.49 Å². The van der Waals surface area contributed by atoms with Gasteiger partial charge in [0.05, 0.1) is 12.0 Å². The van der Waals surface area contributed by atoms with Crippen LogP contribution in [0.2, 0.25) is 0 Å². The van der Waals surface area contributed by atoms with Gasteiger partial charge in [0.2, 0.25) is 0 Å². The van der Waals surface area contributed by atoms with Gasteiger partial charge in [-0.25, -0.2) is 4.98 Å². The minimum atomic E-state index is 0.569. The Morgan fingerprint density at radius 2 is 1.88 bits per heavy atom. The lowest BCUT2D eigenvalue weighted by Crippen LogP contribution is -2.29. The first-order valence-corrected chi connectivity index (χ1v) is 9.23. The minimum Gasteiger partial charge on any atom is -0.317 e. The molecule has 1 aromatic heterocycles. The van der Waals surface area contributed by atoms with Crippen LogP contribution in [0, 0.1) is 11.8 Å². The molecule has 0 saturated carbocycles. The second kappa shape index (κ2) is 7.33. The highest BCUT2D eigenvalue weighted by atomic mass is 15.1. The normalized spacial score (nSPS) is 14.7. The molecule has 0 atom stereocenters. The van der Waals surface area contributed by atoms with Gasteiger partial charge in [-0.3, -0.25) is 4.99 Å². The molecule has 0 aliphatic heterocycles. The quantitative estimate of drug-likeness (QED) is 0.827. The van der Waals surface area contributed by atoms with Gasteiger partial charge >= 0.3 is 0 Å². The molecule has 0 radical (unpaired) electrons. The topological polar surface area (TPSA) is 30.2 Å². The third kappa shape index (κ3) is 3.61. The highest BCUT2D eigenvalue weighted by molar-refractivity contribution is 5.67. The van der Waals surface area contributed by atoms with Crippen LogP contribution in [0.25, 0.3) is 11.3 Å². The molecule has 0 N–H and O–H groups in total. The maximum absolute atomic E-state index is 5.01. The van der Waals surface area contributed by atoms with Crippen LogP contribution in [-0.2, 0) is 19.4 Å². The minimum absolute atomic E-state index is 0.569. The Labute approximate surface area is 145 Å². The van der Waals surface area contributed by atoms with Crippen LogP contribution >= 0.6 is 0 Å². The van der Waals surface area contributed by atoms with E-state index in [1.807, 2.05) is 6.33 Å². The third-order valence-corrected chi connectivity index (χ3v) is 4.47. The number of aromatic nitrogens is 2. The molecule has 24 heavy (non-hydrogen) atoms. The molecule has 1 aliphatic carbocycles. The highest BCUT2D eigenvalue weighted by Crippen LogP contribution is 2.28. The fourth-order valence-corrected chi connectivity index (χ4v) is 3.41. The Hall–Kier alpha value is -1.90. The maximum atomic E-state index is 5.01. The van der Waals surface area contributed by atoms with E-state index in [0.29, 0.717) is 11.8 Å². The molecule has 0 fully saturated rings. The van der Waals surface area contributed by atoms with E-state index in [1.165, 1.54) is 23.1 Å². The van der Waals surface area contributed by atoms with Gasteiger partial charge in [0.25, 0.3) is 0 Å². The predicted octanol–water partition coefficient (Wildman–Crippen LogP) is 4.25. The van der Waals surface area contributed by atoms with Crippen LogP contribution in [0.5, 0.6) is 0 Å². The number of rotatable bonds is 4. The lowest BCUT2D eigenvalue weighted by atomic mass is 10.0. The zero-order chi connectivity index (χ0) is 17.1. The first kappa shape index (κ1) is 16.9. The van der Waals surface area contributed by atoms with Crippen LogP contribution in [0.3, 0.4) is 0 Å². The Bertz CT molecular complexity index is 769. The second-order valence-electron chi connectivity index (χ2n) is 7.69. The first-order valence-electron chi connectivity index (χ1n) is 9.23. The van der Waals surface area contributed by atoms with E-state index in [1.54, 1.807) is 0 Å². The van der Waals surface area contributed by atoms with E-state index >= 15 is 0 Å². The summed E-state index contributed by atoms with van der Waals surface area (Å²) in [4.78, 5) is 9.87. The number of hydrogen-bond donors (Lipinski definition) is 0. The van der Waals surface area contributed by atoms with E-state index in [4.69, 9.17) is 9.98 Å². The molecule has 128 valence electrons. The summed E-state index contributed by atoms with van der Waals surface area (Å²) in [7, 11) is 0. The zero-order valence-electron chi connectivity index (χ0n) is 15.4. The van der Waals surface area contributed by atoms with Gasteiger partial charge in [-0.15, -0.1) is 0 Å². The molecule has 3 rings (SSSR count). The molecule has 3 heteroatoms. The standard InChI is InChI=1S/C21H29N3/c1-15(2)12-22-21-19-11-7-9-17-8-5-6-10-18(17)20(19)23-14-24(21)13-16(3)4/h5-6,8,10,14-16H,7,9,11-13H2,1-4H3. The Morgan fingerprint density at radius 3 is 2.62 bits per heavy atom. The van der Waals surface area contributed by atoms with Gasteiger partial charge in [0.15, 0.2) is 0 Å². The number of benzene rings is 1. The van der Waals surface area contributed by atoms with Gasteiger partial charge in [-0.1, -0.05) is 52.0 Å². The Morgan fingerprint density at radius 1 is 1.08 bits per heavy atom. The molecule has 1 aliphatic rings. The largest absolute Gasteiger partial charge is 0.317 e. The van der Waals surface area contributed by atoms with Crippen molar-refractivity contribution in [2.75, 3.05) is 6.54 Å². The summed E-state index contributed by atoms with van der Waals surface area (Å²) >= 11 is 0. The number of hydrogen-bond acceptors (Lipinski definition) is 2. The molecular formula is C21H29N3. The smallest absolute Gasteiger partial charge is 0.134 e. The molecule has 0 saturated heterocycles. The molecule has 3 nitrogen and oxygen atoms in total. The van der Waals surface area contributed by atoms with E-state index in [9.17, 15) is 0 Å². The average molecular weight is 323 g/mol. The van der Waals surface area contributed by atoms with Crippen LogP contribution in [0.4, 0.5) is 0 Å². The second-order valence-corrected chi connectivity index (χ2v) is 7.69. The molecule has 0 bridgehead atoms. The van der Waals surface area contributed by atoms with E-state index in [-0.39, 0.29) is 0 Å². The third-order valence-electron chi connectivity index (χ3n) is 4.47. The predicted molar refractivity (Wildman–Crippen MR) is 99.8 cm³/mol. The van der Waals surface area contributed by atoms with Crippen LogP contribution < -0.4 is 5.49 Å². The number of nitrogens with zero attached hydrogens (tertiary/aromatic N) is 3. The van der Waals surface area contributed by atoms with Crippen molar-refractivity contribution in [3.05, 3.63) is 47.2 Å². The SMILES string of the molecule is CC(C)CN=c1c2c(ncn1CC(C)C)-c1ccccc1CCC2. The van der Waals surface area contributed by atoms with Crippen molar-refractivity contribution in [1.82, 2.24) is 9.55 Å². The van der Waals surface area contributed by atoms with Crippen LogP contribution in [0.1, 0.15) is 45.2 Å². The van der Waals surface area contributed by atoms with Crippen molar-refractivity contribution >= 4 is 0 Å². The van der Waals surface area contributed by atoms with Crippen LogP contribution in [0.15, 0.2) is 35.6 Å². The molecule has 1 aromatic carbocycles. The summed E-state index contributed by atoms with van der Waals surface area (Å²) in [6.07, 6.45) is 5.36. The zero-order valence-corrected chi connectivity index (χ0v) is 15.4. The van der Waals surface area contributed by atoms with Gasteiger partial charge in [-0.2, -0.15) is 0 Å². The van der Waals surface area contributed by atoms with Crippen molar-refractivity contribution in [2.45, 2.75) is 53.5 Å². The average Bonchev–Trinajstić information content (AvgIpc) is 2.72. The lowest BCUT2D eigenvalue weighted by molar-refractivity contribution is 0.492. The first-order chi connectivity index (χ1) is 11.6. The van der Waals surface area contributed by atoms with Gasteiger partial charge in [0, 0.05) is 24.2 Å². The molecule has 2 aromatic rings. The van der Waals surface area contributed by atoms with E-state index < -0.39 is 0 Å². The summed E-state index contributed by atoms with van der Waals surface area (Å²) in [5.41, 5.74) is 6.34. The van der Waals surface area contributed by atoms with Crippen molar-refractivity contribution in [2.24, 2.45) is 16.8 Å². The summed E-state index contributed by atoms with van der Waals surface area (Å²) in [5, 5.41) is 0.